The molecular formula is C8H5ClN4. The highest BCUT2D eigenvalue weighted by atomic mass is 35.5. The van der Waals surface area contributed by atoms with Crippen molar-refractivity contribution in [2.45, 2.75) is 6.54 Å². The largest absolute Gasteiger partial charge is 0.316 e. The molecule has 0 aliphatic rings. The average molecular weight is 193 g/mol. The van der Waals surface area contributed by atoms with Gasteiger partial charge in [0, 0.05) is 0 Å². The van der Waals surface area contributed by atoms with Crippen LogP contribution < -0.4 is 0 Å². The molecule has 0 bridgehead atoms. The van der Waals surface area contributed by atoms with Crippen molar-refractivity contribution in [3.8, 4) is 12.3 Å². The lowest BCUT2D eigenvalue weighted by atomic mass is 10.5. The van der Waals surface area contributed by atoms with E-state index >= 15 is 0 Å². The molecule has 0 aromatic carbocycles. The quantitative estimate of drug-likeness (QED) is 0.502. The summed E-state index contributed by atoms with van der Waals surface area (Å²) in [6.07, 6.45) is 8.40. The first-order valence-corrected chi connectivity index (χ1v) is 3.96. The van der Waals surface area contributed by atoms with Gasteiger partial charge in [-0.1, -0.05) is 5.92 Å². The van der Waals surface area contributed by atoms with Crippen LogP contribution in [0.1, 0.15) is 0 Å². The molecular weight excluding hydrogens is 188 g/mol. The van der Waals surface area contributed by atoms with Crippen molar-refractivity contribution in [1.29, 1.82) is 0 Å². The standard InChI is InChI=1S/C8H5ClN4/c1-2-3-13-5-11-7-6(13)4-10-8(9)12-7/h1,4-5H,3H2. The first kappa shape index (κ1) is 8.02. The lowest BCUT2D eigenvalue weighted by molar-refractivity contribution is 0.869. The maximum atomic E-state index is 5.59. The maximum Gasteiger partial charge on any atom is 0.224 e. The summed E-state index contributed by atoms with van der Waals surface area (Å²) in [5.41, 5.74) is 1.36. The normalized spacial score (nSPS) is 10.2. The molecule has 2 aromatic rings. The fraction of sp³-hybridized carbons (Fsp3) is 0.125. The number of imidazole rings is 1. The second-order valence-corrected chi connectivity index (χ2v) is 2.76. The molecule has 0 N–H and O–H groups in total. The van der Waals surface area contributed by atoms with Gasteiger partial charge in [0.25, 0.3) is 0 Å². The third-order valence-electron chi connectivity index (χ3n) is 1.61. The summed E-state index contributed by atoms with van der Waals surface area (Å²) in [6.45, 7) is 0.460. The number of rotatable bonds is 1. The molecule has 64 valence electrons. The van der Waals surface area contributed by atoms with Gasteiger partial charge in [0.1, 0.15) is 5.52 Å². The molecule has 0 unspecified atom stereocenters. The summed E-state index contributed by atoms with van der Waals surface area (Å²) in [7, 11) is 0. The van der Waals surface area contributed by atoms with E-state index in [-0.39, 0.29) is 5.28 Å². The number of aromatic nitrogens is 4. The Labute approximate surface area is 79.6 Å². The minimum Gasteiger partial charge on any atom is -0.316 e. The molecule has 0 saturated heterocycles. The van der Waals surface area contributed by atoms with Gasteiger partial charge in [-0.25, -0.2) is 9.97 Å². The van der Waals surface area contributed by atoms with E-state index in [1.165, 1.54) is 0 Å². The molecule has 0 aliphatic heterocycles. The van der Waals surface area contributed by atoms with Crippen molar-refractivity contribution in [1.82, 2.24) is 19.5 Å². The molecule has 0 fully saturated rings. The van der Waals surface area contributed by atoms with Gasteiger partial charge in [0.15, 0.2) is 5.65 Å². The Morgan fingerprint density at radius 2 is 2.38 bits per heavy atom. The monoisotopic (exact) mass is 192 g/mol. The smallest absolute Gasteiger partial charge is 0.224 e. The first-order valence-electron chi connectivity index (χ1n) is 3.58. The topological polar surface area (TPSA) is 43.6 Å². The maximum absolute atomic E-state index is 5.59. The lowest BCUT2D eigenvalue weighted by Crippen LogP contribution is -1.93. The molecule has 2 rings (SSSR count). The zero-order valence-electron chi connectivity index (χ0n) is 6.61. The van der Waals surface area contributed by atoms with Crippen molar-refractivity contribution in [3.05, 3.63) is 17.8 Å². The third-order valence-corrected chi connectivity index (χ3v) is 1.79. The Balaban J connectivity index is 2.63. The van der Waals surface area contributed by atoms with E-state index in [0.717, 1.165) is 5.52 Å². The van der Waals surface area contributed by atoms with E-state index in [1.54, 1.807) is 17.1 Å². The van der Waals surface area contributed by atoms with Gasteiger partial charge in [-0.05, 0) is 11.6 Å². The Hall–Kier alpha value is -1.60. The van der Waals surface area contributed by atoms with Crippen molar-refractivity contribution in [3.63, 3.8) is 0 Å². The number of halogens is 1. The fourth-order valence-corrected chi connectivity index (χ4v) is 1.18. The zero-order chi connectivity index (χ0) is 9.26. The van der Waals surface area contributed by atoms with E-state index in [0.29, 0.717) is 12.2 Å². The molecule has 2 aromatic heterocycles. The fourth-order valence-electron chi connectivity index (χ4n) is 1.05. The number of hydrogen-bond donors (Lipinski definition) is 0. The molecule has 5 heteroatoms. The number of nitrogens with zero attached hydrogens (tertiary/aromatic N) is 4. The molecule has 0 saturated carbocycles. The van der Waals surface area contributed by atoms with Crippen molar-refractivity contribution < 1.29 is 0 Å². The highest BCUT2D eigenvalue weighted by Crippen LogP contribution is 2.10. The van der Waals surface area contributed by atoms with Gasteiger partial charge >= 0.3 is 0 Å². The van der Waals surface area contributed by atoms with Crippen LogP contribution in [-0.2, 0) is 6.54 Å². The first-order chi connectivity index (χ1) is 6.31. The summed E-state index contributed by atoms with van der Waals surface area (Å²) in [4.78, 5) is 11.8. The molecule has 0 atom stereocenters. The molecule has 2 heterocycles. The lowest BCUT2D eigenvalue weighted by Gasteiger charge is -1.95. The second-order valence-electron chi connectivity index (χ2n) is 2.42. The van der Waals surface area contributed by atoms with Crippen LogP contribution in [0, 0.1) is 12.3 Å². The van der Waals surface area contributed by atoms with Crippen molar-refractivity contribution in [2.24, 2.45) is 0 Å². The van der Waals surface area contributed by atoms with E-state index < -0.39 is 0 Å². The molecule has 4 nitrogen and oxygen atoms in total. The summed E-state index contributed by atoms with van der Waals surface area (Å²) >= 11 is 5.59. The summed E-state index contributed by atoms with van der Waals surface area (Å²) < 4.78 is 1.78. The van der Waals surface area contributed by atoms with Crippen molar-refractivity contribution >= 4 is 22.8 Å². The average Bonchev–Trinajstić information content (AvgIpc) is 2.49. The number of hydrogen-bond acceptors (Lipinski definition) is 3. The summed E-state index contributed by atoms with van der Waals surface area (Å²) in [6, 6.07) is 0. The van der Waals surface area contributed by atoms with Gasteiger partial charge in [0.05, 0.1) is 19.1 Å². The van der Waals surface area contributed by atoms with Crippen LogP contribution in [0.3, 0.4) is 0 Å². The second kappa shape index (κ2) is 3.04. The highest BCUT2D eigenvalue weighted by molar-refractivity contribution is 6.28. The van der Waals surface area contributed by atoms with Gasteiger partial charge < -0.3 is 4.57 Å². The predicted octanol–water partition coefficient (Wildman–Crippen LogP) is 1.11. The number of fused-ring (bicyclic) bond motifs is 1. The van der Waals surface area contributed by atoms with E-state index in [9.17, 15) is 0 Å². The van der Waals surface area contributed by atoms with E-state index in [2.05, 4.69) is 20.9 Å². The van der Waals surface area contributed by atoms with Crippen LogP contribution in [-0.4, -0.2) is 19.5 Å². The predicted molar refractivity (Wildman–Crippen MR) is 49.2 cm³/mol. The molecule has 13 heavy (non-hydrogen) atoms. The van der Waals surface area contributed by atoms with Crippen LogP contribution >= 0.6 is 11.6 Å². The Morgan fingerprint density at radius 3 is 3.15 bits per heavy atom. The highest BCUT2D eigenvalue weighted by Gasteiger charge is 2.03. The summed E-state index contributed by atoms with van der Waals surface area (Å²) in [5.74, 6) is 2.51. The van der Waals surface area contributed by atoms with Gasteiger partial charge in [-0.2, -0.15) is 4.98 Å². The van der Waals surface area contributed by atoms with Crippen LogP contribution in [0.5, 0.6) is 0 Å². The Kier molecular flexibility index (Phi) is 1.87. The molecule has 0 amide bonds. The third kappa shape index (κ3) is 1.34. The Bertz CT molecular complexity index is 482. The van der Waals surface area contributed by atoms with E-state index in [4.69, 9.17) is 18.0 Å². The van der Waals surface area contributed by atoms with Crippen LogP contribution in [0.2, 0.25) is 5.28 Å². The van der Waals surface area contributed by atoms with Gasteiger partial charge in [0.2, 0.25) is 5.28 Å². The zero-order valence-corrected chi connectivity index (χ0v) is 7.36. The minimum atomic E-state index is 0.193. The SMILES string of the molecule is C#CCn1cnc2nc(Cl)ncc21. The molecule has 0 radical (unpaired) electrons. The Morgan fingerprint density at radius 1 is 1.54 bits per heavy atom. The van der Waals surface area contributed by atoms with Crippen LogP contribution in [0.4, 0.5) is 0 Å². The van der Waals surface area contributed by atoms with Crippen LogP contribution in [0.25, 0.3) is 11.2 Å². The van der Waals surface area contributed by atoms with E-state index in [1.807, 2.05) is 0 Å². The minimum absolute atomic E-state index is 0.193. The summed E-state index contributed by atoms with van der Waals surface area (Å²) in [5, 5.41) is 0.193. The number of terminal acetylenes is 1. The van der Waals surface area contributed by atoms with Gasteiger partial charge in [-0.3, -0.25) is 0 Å². The molecule has 0 spiro atoms. The molecule has 0 aliphatic carbocycles. The van der Waals surface area contributed by atoms with Crippen LogP contribution in [0.15, 0.2) is 12.5 Å². The van der Waals surface area contributed by atoms with Crippen molar-refractivity contribution in [2.75, 3.05) is 0 Å². The van der Waals surface area contributed by atoms with Gasteiger partial charge in [-0.15, -0.1) is 6.42 Å².